The molecule has 2 N–H and O–H groups in total. The van der Waals surface area contributed by atoms with Gasteiger partial charge in [-0.2, -0.15) is 4.31 Å². The van der Waals surface area contributed by atoms with Crippen LogP contribution in [0.25, 0.3) is 0 Å². The molecule has 9 nitrogen and oxygen atoms in total. The van der Waals surface area contributed by atoms with Gasteiger partial charge < -0.3 is 24.6 Å². The Labute approximate surface area is 252 Å². The maximum absolute atomic E-state index is 14.2. The molecular weight excluding hydrogens is 575 g/mol. The van der Waals surface area contributed by atoms with E-state index in [-0.39, 0.29) is 47.7 Å². The maximum atomic E-state index is 14.2. The van der Waals surface area contributed by atoms with Crippen LogP contribution in [0.5, 0.6) is 11.5 Å². The fourth-order valence-corrected chi connectivity index (χ4v) is 6.50. The highest BCUT2D eigenvalue weighted by atomic mass is 32.2. The van der Waals surface area contributed by atoms with Gasteiger partial charge in [-0.3, -0.25) is 4.79 Å². The van der Waals surface area contributed by atoms with Crippen molar-refractivity contribution in [2.24, 2.45) is 5.92 Å². The zero-order valence-corrected chi connectivity index (χ0v) is 25.4. The lowest BCUT2D eigenvalue weighted by Gasteiger charge is -2.31. The van der Waals surface area contributed by atoms with E-state index >= 15 is 0 Å². The van der Waals surface area contributed by atoms with Crippen molar-refractivity contribution in [1.29, 1.82) is 0 Å². The third kappa shape index (κ3) is 8.76. The van der Waals surface area contributed by atoms with Crippen LogP contribution in [-0.2, 0) is 21.2 Å². The van der Waals surface area contributed by atoms with E-state index in [9.17, 15) is 22.7 Å². The Morgan fingerprint density at radius 1 is 1.09 bits per heavy atom. The van der Waals surface area contributed by atoms with E-state index < -0.39 is 33.9 Å². The van der Waals surface area contributed by atoms with Crippen LogP contribution in [0.2, 0.25) is 0 Å². The summed E-state index contributed by atoms with van der Waals surface area (Å²) in [5.74, 6) is -0.586. The van der Waals surface area contributed by atoms with Crippen LogP contribution in [0.15, 0.2) is 77.7 Å². The van der Waals surface area contributed by atoms with Crippen molar-refractivity contribution in [3.05, 3.63) is 89.7 Å². The number of rotatable bonds is 14. The van der Waals surface area contributed by atoms with Crippen LogP contribution in [0.4, 0.5) is 4.39 Å². The second-order valence-electron chi connectivity index (χ2n) is 11.0. The third-order valence-corrected chi connectivity index (χ3v) is 8.95. The number of carbonyl (C=O) groups excluding carboxylic acids is 1. The largest absolute Gasteiger partial charge is 0.497 e. The summed E-state index contributed by atoms with van der Waals surface area (Å²) in [6.45, 7) is 4.50. The Kier molecular flexibility index (Phi) is 11.1. The fraction of sp³-hybridized carbons (Fsp3) is 0.406. The molecule has 3 aromatic rings. The molecule has 3 atom stereocenters. The molecule has 1 saturated heterocycles. The van der Waals surface area contributed by atoms with Crippen LogP contribution in [0.1, 0.15) is 36.2 Å². The number of aliphatic hydroxyl groups excluding tert-OH is 1. The minimum absolute atomic E-state index is 0.0409. The molecule has 0 bridgehead atoms. The Morgan fingerprint density at radius 2 is 1.81 bits per heavy atom. The lowest BCUT2D eigenvalue weighted by molar-refractivity contribution is 0.0769. The molecule has 232 valence electrons. The topological polar surface area (TPSA) is 114 Å². The van der Waals surface area contributed by atoms with Gasteiger partial charge >= 0.3 is 0 Å². The minimum Gasteiger partial charge on any atom is -0.497 e. The highest BCUT2D eigenvalue weighted by molar-refractivity contribution is 7.89. The molecule has 0 aromatic heterocycles. The molecule has 0 aliphatic carbocycles. The molecule has 4 rings (SSSR count). The third-order valence-electron chi connectivity index (χ3n) is 7.11. The number of nitrogens with zero attached hydrogens (tertiary/aromatic N) is 1. The van der Waals surface area contributed by atoms with Gasteiger partial charge in [0.25, 0.3) is 5.91 Å². The quantitative estimate of drug-likeness (QED) is 0.282. The summed E-state index contributed by atoms with van der Waals surface area (Å²) in [5, 5.41) is 14.4. The van der Waals surface area contributed by atoms with Gasteiger partial charge in [-0.05, 0) is 54.3 Å². The number of sulfonamides is 1. The molecule has 0 saturated carbocycles. The predicted molar refractivity (Wildman–Crippen MR) is 160 cm³/mol. The Hall–Kier alpha value is -3.51. The van der Waals surface area contributed by atoms with E-state index in [1.165, 1.54) is 35.7 Å². The first-order valence-electron chi connectivity index (χ1n) is 14.3. The first-order chi connectivity index (χ1) is 20.6. The molecule has 1 fully saturated rings. The van der Waals surface area contributed by atoms with Crippen molar-refractivity contribution in [1.82, 2.24) is 9.62 Å². The minimum atomic E-state index is -4.00. The van der Waals surface area contributed by atoms with E-state index in [1.54, 1.807) is 12.1 Å². The van der Waals surface area contributed by atoms with Crippen molar-refractivity contribution < 1.29 is 36.9 Å². The average Bonchev–Trinajstić information content (AvgIpc) is 3.50. The predicted octanol–water partition coefficient (Wildman–Crippen LogP) is 4.05. The van der Waals surface area contributed by atoms with Crippen molar-refractivity contribution >= 4 is 15.9 Å². The standard InChI is InChI=1S/C32H39FN2O7S/c1-22(2)19-35(43(38,39)27-12-10-25(40-3)11-13-27)20-30(36)29(17-23-7-5-4-6-8-23)34-32(37)28-14-9-24(33)18-31(28)42-26-15-16-41-21-26/h4-14,18,22,26,29-30,36H,15-17,19-21H2,1-3H3,(H,34,37)/t26-,29?,30-/m1/s1. The van der Waals surface area contributed by atoms with Crippen LogP contribution in [0.3, 0.4) is 0 Å². The van der Waals surface area contributed by atoms with Crippen molar-refractivity contribution in [3.8, 4) is 11.5 Å². The van der Waals surface area contributed by atoms with E-state index in [1.807, 2.05) is 44.2 Å². The second-order valence-corrected chi connectivity index (χ2v) is 12.9. The van der Waals surface area contributed by atoms with Gasteiger partial charge in [0.05, 0.1) is 42.9 Å². The first kappa shape index (κ1) is 32.4. The zero-order chi connectivity index (χ0) is 31.0. The Balaban J connectivity index is 1.60. The van der Waals surface area contributed by atoms with Crippen molar-refractivity contribution in [3.63, 3.8) is 0 Å². The van der Waals surface area contributed by atoms with Crippen molar-refractivity contribution in [2.45, 2.75) is 49.8 Å². The number of nitrogens with one attached hydrogen (secondary N) is 1. The summed E-state index contributed by atoms with van der Waals surface area (Å²) in [7, 11) is -2.50. The molecular formula is C32H39FN2O7S. The molecule has 43 heavy (non-hydrogen) atoms. The Morgan fingerprint density at radius 3 is 2.44 bits per heavy atom. The number of amides is 1. The number of aliphatic hydroxyl groups is 1. The summed E-state index contributed by atoms with van der Waals surface area (Å²) in [6.07, 6.45) is -0.767. The molecule has 0 spiro atoms. The summed E-state index contributed by atoms with van der Waals surface area (Å²) < 4.78 is 59.2. The highest BCUT2D eigenvalue weighted by Crippen LogP contribution is 2.25. The second kappa shape index (κ2) is 14.8. The van der Waals surface area contributed by atoms with Gasteiger partial charge in [-0.25, -0.2) is 12.8 Å². The molecule has 11 heteroatoms. The summed E-state index contributed by atoms with van der Waals surface area (Å²) in [6, 6.07) is 18.1. The van der Waals surface area contributed by atoms with Crippen LogP contribution < -0.4 is 14.8 Å². The molecule has 3 aromatic carbocycles. The van der Waals surface area contributed by atoms with E-state index in [2.05, 4.69) is 5.32 Å². The molecule has 1 heterocycles. The number of benzene rings is 3. The number of ether oxygens (including phenoxy) is 3. The van der Waals surface area contributed by atoms with Gasteiger partial charge in [-0.15, -0.1) is 0 Å². The van der Waals surface area contributed by atoms with Crippen molar-refractivity contribution in [2.75, 3.05) is 33.4 Å². The molecule has 1 amide bonds. The van der Waals surface area contributed by atoms with Gasteiger partial charge in [0.2, 0.25) is 10.0 Å². The maximum Gasteiger partial charge on any atom is 0.255 e. The Bertz CT molecular complexity index is 1450. The van der Waals surface area contributed by atoms with Gasteiger partial charge in [-0.1, -0.05) is 44.2 Å². The first-order valence-corrected chi connectivity index (χ1v) is 15.7. The van der Waals surface area contributed by atoms with E-state index in [0.717, 1.165) is 11.6 Å². The lowest BCUT2D eigenvalue weighted by Crippen LogP contribution is -2.51. The molecule has 1 unspecified atom stereocenters. The van der Waals surface area contributed by atoms with Gasteiger partial charge in [0.15, 0.2) is 0 Å². The summed E-state index contributed by atoms with van der Waals surface area (Å²) in [5.41, 5.74) is 0.933. The molecule has 0 radical (unpaired) electrons. The number of methoxy groups -OCH3 is 1. The fourth-order valence-electron chi connectivity index (χ4n) is 4.87. The summed E-state index contributed by atoms with van der Waals surface area (Å²) >= 11 is 0. The number of hydrogen-bond acceptors (Lipinski definition) is 7. The van der Waals surface area contributed by atoms with Crippen LogP contribution in [0, 0.1) is 11.7 Å². The average molecular weight is 615 g/mol. The molecule has 1 aliphatic rings. The van der Waals surface area contributed by atoms with Gasteiger partial charge in [0.1, 0.15) is 23.4 Å². The normalized spacial score (nSPS) is 16.7. The smallest absolute Gasteiger partial charge is 0.255 e. The molecule has 1 aliphatic heterocycles. The van der Waals surface area contributed by atoms with Gasteiger partial charge in [0, 0.05) is 25.6 Å². The number of carbonyl (C=O) groups is 1. The highest BCUT2D eigenvalue weighted by Gasteiger charge is 2.32. The van der Waals surface area contributed by atoms with Crippen LogP contribution >= 0.6 is 0 Å². The monoisotopic (exact) mass is 614 g/mol. The van der Waals surface area contributed by atoms with E-state index in [4.69, 9.17) is 14.2 Å². The zero-order valence-electron chi connectivity index (χ0n) is 24.6. The number of hydrogen-bond donors (Lipinski definition) is 2. The van der Waals surface area contributed by atoms with Crippen LogP contribution in [-0.4, -0.2) is 75.4 Å². The SMILES string of the molecule is COc1ccc(S(=O)(=O)N(CC(C)C)C[C@@H](O)C(Cc2ccccc2)NC(=O)c2ccc(F)cc2O[C@@H]2CCOC2)cc1. The number of halogens is 1. The van der Waals surface area contributed by atoms with E-state index in [0.29, 0.717) is 25.4 Å². The summed E-state index contributed by atoms with van der Waals surface area (Å²) in [4.78, 5) is 13.7. The lowest BCUT2D eigenvalue weighted by atomic mass is 10.00.